The SMILES string of the molecule is CCOC(CC1CCCO1)OCC. The zero-order valence-electron chi connectivity index (χ0n) is 8.62. The van der Waals surface area contributed by atoms with Crippen LogP contribution in [-0.2, 0) is 14.2 Å². The van der Waals surface area contributed by atoms with Gasteiger partial charge in [0.1, 0.15) is 0 Å². The molecule has 1 aliphatic rings. The highest BCUT2D eigenvalue weighted by molar-refractivity contribution is 4.66. The number of hydrogen-bond donors (Lipinski definition) is 0. The van der Waals surface area contributed by atoms with Crippen LogP contribution in [0.3, 0.4) is 0 Å². The maximum atomic E-state index is 5.52. The van der Waals surface area contributed by atoms with Crippen molar-refractivity contribution in [2.24, 2.45) is 0 Å². The third kappa shape index (κ3) is 4.07. The van der Waals surface area contributed by atoms with E-state index in [1.165, 1.54) is 6.42 Å². The lowest BCUT2D eigenvalue weighted by Gasteiger charge is -2.19. The second-order valence-electron chi connectivity index (χ2n) is 3.21. The molecule has 0 aliphatic carbocycles. The molecule has 3 nitrogen and oxygen atoms in total. The Hall–Kier alpha value is -0.120. The summed E-state index contributed by atoms with van der Waals surface area (Å²) in [6.45, 7) is 6.29. The molecule has 0 saturated carbocycles. The Morgan fingerprint density at radius 3 is 2.46 bits per heavy atom. The van der Waals surface area contributed by atoms with E-state index in [1.54, 1.807) is 0 Å². The van der Waals surface area contributed by atoms with Gasteiger partial charge in [-0.25, -0.2) is 0 Å². The Morgan fingerprint density at radius 2 is 2.00 bits per heavy atom. The summed E-state index contributed by atoms with van der Waals surface area (Å²) in [6.07, 6.45) is 3.48. The quantitative estimate of drug-likeness (QED) is 0.596. The van der Waals surface area contributed by atoms with Crippen LogP contribution in [0, 0.1) is 0 Å². The molecule has 0 aromatic heterocycles. The smallest absolute Gasteiger partial charge is 0.160 e. The molecule has 0 radical (unpaired) electrons. The molecule has 78 valence electrons. The highest BCUT2D eigenvalue weighted by Crippen LogP contribution is 2.18. The molecule has 0 aromatic rings. The number of rotatable bonds is 6. The summed E-state index contributed by atoms with van der Waals surface area (Å²) in [6, 6.07) is 0. The lowest BCUT2D eigenvalue weighted by molar-refractivity contribution is -0.153. The van der Waals surface area contributed by atoms with E-state index in [1.807, 2.05) is 13.8 Å². The molecular formula is C10H20O3. The van der Waals surface area contributed by atoms with Crippen molar-refractivity contribution in [3.05, 3.63) is 0 Å². The third-order valence-corrected chi connectivity index (χ3v) is 2.18. The first-order valence-electron chi connectivity index (χ1n) is 5.21. The van der Waals surface area contributed by atoms with Gasteiger partial charge in [0.2, 0.25) is 0 Å². The molecule has 1 unspecified atom stereocenters. The first-order chi connectivity index (χ1) is 6.36. The summed E-state index contributed by atoms with van der Waals surface area (Å²) < 4.78 is 16.4. The summed E-state index contributed by atoms with van der Waals surface area (Å²) >= 11 is 0. The van der Waals surface area contributed by atoms with E-state index in [0.717, 1.165) is 19.4 Å². The van der Waals surface area contributed by atoms with Gasteiger partial charge in [-0.3, -0.25) is 0 Å². The van der Waals surface area contributed by atoms with Gasteiger partial charge in [-0.1, -0.05) is 0 Å². The molecule has 1 saturated heterocycles. The van der Waals surface area contributed by atoms with E-state index in [4.69, 9.17) is 14.2 Å². The van der Waals surface area contributed by atoms with Crippen LogP contribution in [0.1, 0.15) is 33.1 Å². The molecule has 1 fully saturated rings. The van der Waals surface area contributed by atoms with Crippen molar-refractivity contribution in [3.63, 3.8) is 0 Å². The minimum atomic E-state index is -0.0712. The van der Waals surface area contributed by atoms with Crippen molar-refractivity contribution in [1.29, 1.82) is 0 Å². The van der Waals surface area contributed by atoms with Crippen LogP contribution in [0.5, 0.6) is 0 Å². The summed E-state index contributed by atoms with van der Waals surface area (Å²) in [4.78, 5) is 0. The zero-order valence-corrected chi connectivity index (χ0v) is 8.62. The summed E-state index contributed by atoms with van der Waals surface area (Å²) in [5.41, 5.74) is 0. The molecule has 1 rings (SSSR count). The van der Waals surface area contributed by atoms with Crippen LogP contribution < -0.4 is 0 Å². The second kappa shape index (κ2) is 6.35. The van der Waals surface area contributed by atoms with Crippen LogP contribution in [0.25, 0.3) is 0 Å². The maximum absolute atomic E-state index is 5.52. The number of ether oxygens (including phenoxy) is 3. The van der Waals surface area contributed by atoms with E-state index in [-0.39, 0.29) is 6.29 Å². The zero-order chi connectivity index (χ0) is 9.52. The Morgan fingerprint density at radius 1 is 1.31 bits per heavy atom. The van der Waals surface area contributed by atoms with Crippen molar-refractivity contribution in [2.75, 3.05) is 19.8 Å². The fraction of sp³-hybridized carbons (Fsp3) is 1.00. The predicted octanol–water partition coefficient (Wildman–Crippen LogP) is 1.95. The topological polar surface area (TPSA) is 27.7 Å². The minimum Gasteiger partial charge on any atom is -0.378 e. The van der Waals surface area contributed by atoms with E-state index < -0.39 is 0 Å². The predicted molar refractivity (Wildman–Crippen MR) is 50.6 cm³/mol. The van der Waals surface area contributed by atoms with E-state index in [2.05, 4.69) is 0 Å². The first kappa shape index (κ1) is 11.0. The first-order valence-corrected chi connectivity index (χ1v) is 5.21. The van der Waals surface area contributed by atoms with Crippen LogP contribution in [0.15, 0.2) is 0 Å². The van der Waals surface area contributed by atoms with Crippen molar-refractivity contribution >= 4 is 0 Å². The Balaban J connectivity index is 2.19. The number of hydrogen-bond acceptors (Lipinski definition) is 3. The van der Waals surface area contributed by atoms with Crippen molar-refractivity contribution < 1.29 is 14.2 Å². The molecule has 0 amide bonds. The summed E-state index contributed by atoms with van der Waals surface area (Å²) in [5.74, 6) is 0. The van der Waals surface area contributed by atoms with Gasteiger partial charge in [0, 0.05) is 26.2 Å². The van der Waals surface area contributed by atoms with Crippen LogP contribution in [-0.4, -0.2) is 32.2 Å². The average Bonchev–Trinajstić information content (AvgIpc) is 2.58. The standard InChI is InChI=1S/C10H20O3/c1-3-11-10(12-4-2)8-9-6-5-7-13-9/h9-10H,3-8H2,1-2H3. The molecule has 0 N–H and O–H groups in total. The lowest BCUT2D eigenvalue weighted by Crippen LogP contribution is -2.23. The molecule has 0 aromatic carbocycles. The van der Waals surface area contributed by atoms with Crippen molar-refractivity contribution in [3.8, 4) is 0 Å². The minimum absolute atomic E-state index is 0.0712. The van der Waals surface area contributed by atoms with Gasteiger partial charge in [-0.15, -0.1) is 0 Å². The van der Waals surface area contributed by atoms with Gasteiger partial charge in [0.15, 0.2) is 6.29 Å². The van der Waals surface area contributed by atoms with E-state index in [0.29, 0.717) is 19.3 Å². The molecule has 13 heavy (non-hydrogen) atoms. The normalized spacial score (nSPS) is 22.8. The molecule has 1 aliphatic heterocycles. The van der Waals surface area contributed by atoms with Gasteiger partial charge >= 0.3 is 0 Å². The van der Waals surface area contributed by atoms with E-state index >= 15 is 0 Å². The molecule has 1 heterocycles. The van der Waals surface area contributed by atoms with Crippen LogP contribution >= 0.6 is 0 Å². The second-order valence-corrected chi connectivity index (χ2v) is 3.21. The summed E-state index contributed by atoms with van der Waals surface area (Å²) in [7, 11) is 0. The Labute approximate surface area is 80.4 Å². The van der Waals surface area contributed by atoms with Gasteiger partial charge in [0.25, 0.3) is 0 Å². The van der Waals surface area contributed by atoms with Crippen LogP contribution in [0.4, 0.5) is 0 Å². The van der Waals surface area contributed by atoms with Gasteiger partial charge in [0.05, 0.1) is 6.10 Å². The Bertz CT molecular complexity index is 115. The fourth-order valence-corrected chi connectivity index (χ4v) is 1.60. The van der Waals surface area contributed by atoms with Crippen molar-refractivity contribution in [1.82, 2.24) is 0 Å². The van der Waals surface area contributed by atoms with Gasteiger partial charge in [-0.2, -0.15) is 0 Å². The largest absolute Gasteiger partial charge is 0.378 e. The van der Waals surface area contributed by atoms with Crippen molar-refractivity contribution in [2.45, 2.75) is 45.5 Å². The summed E-state index contributed by atoms with van der Waals surface area (Å²) in [5, 5.41) is 0. The Kier molecular flexibility index (Phi) is 5.35. The monoisotopic (exact) mass is 188 g/mol. The third-order valence-electron chi connectivity index (χ3n) is 2.18. The maximum Gasteiger partial charge on any atom is 0.160 e. The molecule has 3 heteroatoms. The molecule has 0 bridgehead atoms. The molecule has 1 atom stereocenters. The van der Waals surface area contributed by atoms with Gasteiger partial charge < -0.3 is 14.2 Å². The highest BCUT2D eigenvalue weighted by Gasteiger charge is 2.20. The average molecular weight is 188 g/mol. The fourth-order valence-electron chi connectivity index (χ4n) is 1.60. The van der Waals surface area contributed by atoms with Gasteiger partial charge in [-0.05, 0) is 26.7 Å². The molecule has 0 spiro atoms. The van der Waals surface area contributed by atoms with Crippen LogP contribution in [0.2, 0.25) is 0 Å². The lowest BCUT2D eigenvalue weighted by atomic mass is 10.2. The molecular weight excluding hydrogens is 168 g/mol. The van der Waals surface area contributed by atoms with E-state index in [9.17, 15) is 0 Å². The highest BCUT2D eigenvalue weighted by atomic mass is 16.7.